The van der Waals surface area contributed by atoms with E-state index in [1.54, 1.807) is 6.33 Å². The highest BCUT2D eigenvalue weighted by atomic mass is 15.2. The van der Waals surface area contributed by atoms with Gasteiger partial charge in [0.2, 0.25) is 5.95 Å². The summed E-state index contributed by atoms with van der Waals surface area (Å²) in [5, 5.41) is 11.1. The quantitative estimate of drug-likeness (QED) is 0.644. The van der Waals surface area contributed by atoms with Crippen molar-refractivity contribution >= 4 is 22.8 Å². The number of aryl methyl sites for hydroxylation is 2. The minimum atomic E-state index is 0.323. The van der Waals surface area contributed by atoms with Crippen molar-refractivity contribution in [1.29, 1.82) is 0 Å². The smallest absolute Gasteiger partial charge is 0.226 e. The molecule has 1 aliphatic rings. The van der Waals surface area contributed by atoms with Crippen molar-refractivity contribution < 1.29 is 0 Å². The number of piperidine rings is 1. The molecule has 0 spiro atoms. The van der Waals surface area contributed by atoms with E-state index in [0.717, 1.165) is 54.9 Å². The number of fused-ring (bicyclic) bond motifs is 1. The SMILES string of the molecule is Cc1cc(C)c2c(N)nc(NC3CCN(Cc4ncn[nH]4)CC3)nc2n1. The number of aromatic amines is 1. The molecule has 4 rings (SSSR count). The molecule has 26 heavy (non-hydrogen) atoms. The zero-order chi connectivity index (χ0) is 18.1. The molecule has 0 saturated carbocycles. The molecule has 0 unspecified atom stereocenters. The van der Waals surface area contributed by atoms with Crippen LogP contribution in [0.25, 0.3) is 11.0 Å². The molecule has 4 heterocycles. The van der Waals surface area contributed by atoms with Crippen LogP contribution in [0.3, 0.4) is 0 Å². The Labute approximate surface area is 151 Å². The van der Waals surface area contributed by atoms with Gasteiger partial charge in [0.1, 0.15) is 18.0 Å². The minimum Gasteiger partial charge on any atom is -0.383 e. The Morgan fingerprint density at radius 2 is 2.04 bits per heavy atom. The third-order valence-electron chi connectivity index (χ3n) is 4.78. The van der Waals surface area contributed by atoms with E-state index in [4.69, 9.17) is 5.73 Å². The molecule has 0 aliphatic carbocycles. The summed E-state index contributed by atoms with van der Waals surface area (Å²) in [6.07, 6.45) is 3.56. The molecular formula is C17H23N9. The molecule has 0 bridgehead atoms. The Hall–Kier alpha value is -2.81. The van der Waals surface area contributed by atoms with Crippen LogP contribution in [0.15, 0.2) is 12.4 Å². The number of pyridine rings is 1. The molecule has 1 saturated heterocycles. The van der Waals surface area contributed by atoms with Crippen molar-refractivity contribution in [1.82, 2.24) is 35.0 Å². The van der Waals surface area contributed by atoms with Gasteiger partial charge in [-0.05, 0) is 38.3 Å². The van der Waals surface area contributed by atoms with Gasteiger partial charge in [-0.2, -0.15) is 15.1 Å². The molecule has 136 valence electrons. The van der Waals surface area contributed by atoms with Gasteiger partial charge in [0.15, 0.2) is 5.65 Å². The lowest BCUT2D eigenvalue weighted by Crippen LogP contribution is -2.39. The fourth-order valence-electron chi connectivity index (χ4n) is 3.51. The van der Waals surface area contributed by atoms with Crippen LogP contribution in [0.2, 0.25) is 0 Å². The minimum absolute atomic E-state index is 0.323. The zero-order valence-corrected chi connectivity index (χ0v) is 15.0. The number of likely N-dealkylation sites (tertiary alicyclic amines) is 1. The van der Waals surface area contributed by atoms with Crippen molar-refractivity contribution in [2.24, 2.45) is 0 Å². The summed E-state index contributed by atoms with van der Waals surface area (Å²) >= 11 is 0. The Kier molecular flexibility index (Phi) is 4.37. The van der Waals surface area contributed by atoms with Crippen molar-refractivity contribution in [3.05, 3.63) is 29.5 Å². The van der Waals surface area contributed by atoms with Crippen LogP contribution < -0.4 is 11.1 Å². The summed E-state index contributed by atoms with van der Waals surface area (Å²) in [7, 11) is 0. The van der Waals surface area contributed by atoms with Crippen molar-refractivity contribution in [3.63, 3.8) is 0 Å². The van der Waals surface area contributed by atoms with Crippen LogP contribution in [0.5, 0.6) is 0 Å². The second-order valence-electron chi connectivity index (χ2n) is 6.84. The molecule has 0 aromatic carbocycles. The van der Waals surface area contributed by atoms with E-state index in [9.17, 15) is 0 Å². The van der Waals surface area contributed by atoms with E-state index in [2.05, 4.69) is 40.3 Å². The van der Waals surface area contributed by atoms with Crippen LogP contribution in [0.1, 0.15) is 29.9 Å². The van der Waals surface area contributed by atoms with E-state index in [0.29, 0.717) is 23.5 Å². The highest BCUT2D eigenvalue weighted by Gasteiger charge is 2.21. The third kappa shape index (κ3) is 3.43. The van der Waals surface area contributed by atoms with Crippen molar-refractivity contribution in [2.45, 2.75) is 39.3 Å². The number of nitrogen functional groups attached to an aromatic ring is 1. The van der Waals surface area contributed by atoms with Gasteiger partial charge in [0, 0.05) is 24.8 Å². The fourth-order valence-corrected chi connectivity index (χ4v) is 3.51. The molecule has 0 atom stereocenters. The molecule has 4 N–H and O–H groups in total. The number of hydrogen-bond acceptors (Lipinski definition) is 8. The van der Waals surface area contributed by atoms with Crippen LogP contribution in [-0.2, 0) is 6.54 Å². The van der Waals surface area contributed by atoms with E-state index in [1.165, 1.54) is 0 Å². The number of rotatable bonds is 4. The van der Waals surface area contributed by atoms with E-state index in [1.807, 2.05) is 19.9 Å². The molecule has 1 fully saturated rings. The molecular weight excluding hydrogens is 330 g/mol. The maximum absolute atomic E-state index is 6.16. The monoisotopic (exact) mass is 353 g/mol. The Morgan fingerprint density at radius 1 is 1.23 bits per heavy atom. The standard InChI is InChI=1S/C17H23N9/c1-10-7-11(2)21-16-14(10)15(18)23-17(24-16)22-12-3-5-26(6-4-12)8-13-19-9-20-25-13/h7,9,12H,3-6,8H2,1-2H3,(H,19,20,25)(H3,18,21,22,23,24). The van der Waals surface area contributed by atoms with Crippen molar-refractivity contribution in [3.8, 4) is 0 Å². The largest absolute Gasteiger partial charge is 0.383 e. The van der Waals surface area contributed by atoms with Crippen LogP contribution in [-0.4, -0.2) is 54.2 Å². The molecule has 3 aromatic rings. The number of H-pyrrole nitrogens is 1. The maximum atomic E-state index is 6.16. The lowest BCUT2D eigenvalue weighted by molar-refractivity contribution is 0.206. The van der Waals surface area contributed by atoms with Crippen LogP contribution in [0.4, 0.5) is 11.8 Å². The molecule has 1 aliphatic heterocycles. The van der Waals surface area contributed by atoms with Gasteiger partial charge >= 0.3 is 0 Å². The van der Waals surface area contributed by atoms with Gasteiger partial charge in [-0.15, -0.1) is 0 Å². The number of nitrogens with two attached hydrogens (primary N) is 1. The molecule has 9 heteroatoms. The topological polar surface area (TPSA) is 122 Å². The first-order valence-electron chi connectivity index (χ1n) is 8.83. The Bertz CT molecular complexity index is 898. The maximum Gasteiger partial charge on any atom is 0.226 e. The average molecular weight is 353 g/mol. The first kappa shape index (κ1) is 16.6. The first-order valence-corrected chi connectivity index (χ1v) is 8.83. The highest BCUT2D eigenvalue weighted by Crippen LogP contribution is 2.24. The molecule has 9 nitrogen and oxygen atoms in total. The van der Waals surface area contributed by atoms with Gasteiger partial charge in [-0.1, -0.05) is 0 Å². The molecule has 0 radical (unpaired) electrons. The van der Waals surface area contributed by atoms with E-state index in [-0.39, 0.29) is 0 Å². The lowest BCUT2D eigenvalue weighted by Gasteiger charge is -2.31. The second-order valence-corrected chi connectivity index (χ2v) is 6.84. The molecule has 3 aromatic heterocycles. The predicted octanol–water partition coefficient (Wildman–Crippen LogP) is 1.42. The van der Waals surface area contributed by atoms with Gasteiger partial charge < -0.3 is 11.1 Å². The number of nitrogens with zero attached hydrogens (tertiary/aromatic N) is 6. The summed E-state index contributed by atoms with van der Waals surface area (Å²) in [5.41, 5.74) is 8.79. The van der Waals surface area contributed by atoms with Crippen molar-refractivity contribution in [2.75, 3.05) is 24.1 Å². The van der Waals surface area contributed by atoms with Gasteiger partial charge in [-0.25, -0.2) is 9.97 Å². The number of anilines is 2. The van der Waals surface area contributed by atoms with Gasteiger partial charge in [-0.3, -0.25) is 10.00 Å². The van der Waals surface area contributed by atoms with Crippen LogP contribution >= 0.6 is 0 Å². The summed E-state index contributed by atoms with van der Waals surface area (Å²) in [5.74, 6) is 1.94. The number of aromatic nitrogens is 6. The lowest BCUT2D eigenvalue weighted by atomic mass is 10.1. The fraction of sp³-hybridized carbons (Fsp3) is 0.471. The average Bonchev–Trinajstić information content (AvgIpc) is 3.08. The summed E-state index contributed by atoms with van der Waals surface area (Å²) in [6.45, 7) is 6.74. The Morgan fingerprint density at radius 3 is 2.77 bits per heavy atom. The van der Waals surface area contributed by atoms with E-state index < -0.39 is 0 Å². The second kappa shape index (κ2) is 6.83. The normalized spacial score (nSPS) is 16.2. The summed E-state index contributed by atoms with van der Waals surface area (Å²) < 4.78 is 0. The van der Waals surface area contributed by atoms with Gasteiger partial charge in [0.05, 0.1) is 11.9 Å². The third-order valence-corrected chi connectivity index (χ3v) is 4.78. The van der Waals surface area contributed by atoms with Gasteiger partial charge in [0.25, 0.3) is 0 Å². The number of hydrogen-bond donors (Lipinski definition) is 3. The number of nitrogens with one attached hydrogen (secondary N) is 2. The highest BCUT2D eigenvalue weighted by molar-refractivity contribution is 5.89. The molecule has 0 amide bonds. The summed E-state index contributed by atoms with van der Waals surface area (Å²) in [6, 6.07) is 2.32. The Balaban J connectivity index is 1.43. The predicted molar refractivity (Wildman–Crippen MR) is 99.5 cm³/mol. The first-order chi connectivity index (χ1) is 12.6. The zero-order valence-electron chi connectivity index (χ0n) is 15.0. The van der Waals surface area contributed by atoms with Crippen LogP contribution in [0, 0.1) is 13.8 Å². The summed E-state index contributed by atoms with van der Waals surface area (Å²) in [4.78, 5) is 20.1. The van der Waals surface area contributed by atoms with E-state index >= 15 is 0 Å².